The Hall–Kier alpha value is -1.88. The molecule has 142 valence electrons. The Morgan fingerprint density at radius 3 is 2.62 bits per heavy atom. The minimum atomic E-state index is -0.467. The minimum absolute atomic E-state index is 0.0643. The van der Waals surface area contributed by atoms with Crippen LogP contribution in [0.4, 0.5) is 0 Å². The quantitative estimate of drug-likeness (QED) is 0.912. The molecule has 1 fully saturated rings. The predicted octanol–water partition coefficient (Wildman–Crippen LogP) is 3.70. The van der Waals surface area contributed by atoms with E-state index in [-0.39, 0.29) is 17.2 Å². The van der Waals surface area contributed by atoms with Crippen LogP contribution in [-0.2, 0) is 4.79 Å². The number of carbonyl (C=O) groups excluding carboxylic acids is 1. The van der Waals surface area contributed by atoms with Crippen molar-refractivity contribution in [3.8, 4) is 0 Å². The molecule has 0 saturated carbocycles. The van der Waals surface area contributed by atoms with Crippen molar-refractivity contribution in [3.63, 3.8) is 0 Å². The fraction of sp³-hybridized carbons (Fsp3) is 0.619. The van der Waals surface area contributed by atoms with Crippen molar-refractivity contribution in [1.29, 1.82) is 0 Å². The van der Waals surface area contributed by atoms with Gasteiger partial charge in [0.2, 0.25) is 5.91 Å². The van der Waals surface area contributed by atoms with E-state index in [2.05, 4.69) is 36.6 Å². The lowest BCUT2D eigenvalue weighted by Crippen LogP contribution is -2.52. The Balaban J connectivity index is 1.90. The topological polar surface area (TPSA) is 64.2 Å². The summed E-state index contributed by atoms with van der Waals surface area (Å²) < 4.78 is 2.33. The second-order valence-corrected chi connectivity index (χ2v) is 8.89. The van der Waals surface area contributed by atoms with Gasteiger partial charge in [-0.2, -0.15) is 0 Å². The largest absolute Gasteiger partial charge is 0.341 e. The maximum Gasteiger partial charge on any atom is 0.240 e. The maximum absolute atomic E-state index is 12.9. The van der Waals surface area contributed by atoms with Crippen LogP contribution in [0.5, 0.6) is 0 Å². The number of hydrogen-bond acceptors (Lipinski definition) is 3. The number of benzene rings is 1. The van der Waals surface area contributed by atoms with Crippen molar-refractivity contribution in [2.75, 3.05) is 13.1 Å². The number of rotatable bonds is 3. The number of nitrogens with two attached hydrogens (primary N) is 1. The molecule has 1 aromatic carbocycles. The lowest BCUT2D eigenvalue weighted by Gasteiger charge is -2.37. The second kappa shape index (κ2) is 7.03. The number of imidazole rings is 1. The fourth-order valence-corrected chi connectivity index (χ4v) is 3.85. The molecule has 2 atom stereocenters. The Bertz CT molecular complexity index is 787. The minimum Gasteiger partial charge on any atom is -0.341 e. The van der Waals surface area contributed by atoms with Crippen molar-refractivity contribution in [2.45, 2.75) is 65.5 Å². The first-order chi connectivity index (χ1) is 12.2. The summed E-state index contributed by atoms with van der Waals surface area (Å²) in [4.78, 5) is 19.8. The van der Waals surface area contributed by atoms with Crippen molar-refractivity contribution in [2.24, 2.45) is 11.1 Å². The molecule has 2 heterocycles. The second-order valence-electron chi connectivity index (χ2n) is 8.89. The van der Waals surface area contributed by atoms with Gasteiger partial charge in [0, 0.05) is 25.0 Å². The molecule has 1 aliphatic heterocycles. The molecule has 2 N–H and O–H groups in total. The van der Waals surface area contributed by atoms with Gasteiger partial charge in [-0.15, -0.1) is 0 Å². The Labute approximate surface area is 156 Å². The number of amides is 1. The van der Waals surface area contributed by atoms with Crippen molar-refractivity contribution < 1.29 is 4.79 Å². The van der Waals surface area contributed by atoms with E-state index in [4.69, 9.17) is 10.7 Å². The van der Waals surface area contributed by atoms with Crippen LogP contribution in [-0.4, -0.2) is 39.5 Å². The van der Waals surface area contributed by atoms with Crippen LogP contribution in [0.2, 0.25) is 0 Å². The zero-order chi connectivity index (χ0) is 19.1. The number of likely N-dealkylation sites (tertiary alicyclic amines) is 1. The molecule has 0 spiro atoms. The van der Waals surface area contributed by atoms with E-state index >= 15 is 0 Å². The van der Waals surface area contributed by atoms with Crippen LogP contribution in [0, 0.1) is 5.41 Å². The average Bonchev–Trinajstić information content (AvgIpc) is 2.99. The van der Waals surface area contributed by atoms with Gasteiger partial charge >= 0.3 is 0 Å². The molecule has 1 aliphatic rings. The molecular formula is C21H32N4O. The molecule has 0 aliphatic carbocycles. The van der Waals surface area contributed by atoms with Crippen LogP contribution in [0.3, 0.4) is 0 Å². The van der Waals surface area contributed by atoms with Crippen LogP contribution in [0.15, 0.2) is 24.3 Å². The van der Waals surface area contributed by atoms with Gasteiger partial charge in [0.25, 0.3) is 0 Å². The van der Waals surface area contributed by atoms with E-state index in [0.717, 1.165) is 30.7 Å². The zero-order valence-electron chi connectivity index (χ0n) is 16.7. The van der Waals surface area contributed by atoms with Gasteiger partial charge in [0.1, 0.15) is 5.82 Å². The summed E-state index contributed by atoms with van der Waals surface area (Å²) in [6.07, 6.45) is 2.05. The highest BCUT2D eigenvalue weighted by molar-refractivity contribution is 5.82. The summed E-state index contributed by atoms with van der Waals surface area (Å²) in [6.45, 7) is 12.0. The molecule has 1 amide bonds. The van der Waals surface area contributed by atoms with Crippen LogP contribution in [0.1, 0.15) is 65.2 Å². The molecule has 1 aromatic heterocycles. The summed E-state index contributed by atoms with van der Waals surface area (Å²) in [5, 5.41) is 0. The number of para-hydroxylation sites is 2. The third kappa shape index (κ3) is 3.50. The van der Waals surface area contributed by atoms with Gasteiger partial charge in [-0.25, -0.2) is 4.98 Å². The molecule has 5 heteroatoms. The molecule has 0 radical (unpaired) electrons. The van der Waals surface area contributed by atoms with E-state index in [0.29, 0.717) is 12.6 Å². The average molecular weight is 357 g/mol. The van der Waals surface area contributed by atoms with Crippen LogP contribution < -0.4 is 5.73 Å². The van der Waals surface area contributed by atoms with E-state index in [1.165, 1.54) is 5.52 Å². The molecule has 26 heavy (non-hydrogen) atoms. The highest BCUT2D eigenvalue weighted by Gasteiger charge is 2.35. The summed E-state index contributed by atoms with van der Waals surface area (Å²) in [6, 6.07) is 8.16. The number of piperidine rings is 1. The standard InChI is InChI=1S/C21H32N4O/c1-14(2)25-17-11-7-6-10-16(17)23-19(25)15-9-8-12-24(13-15)20(26)18(22)21(3,4)5/h6-7,10-11,14-15,18H,8-9,12-13,22H2,1-5H3/t15?,18-/m1/s1. The molecular weight excluding hydrogens is 324 g/mol. The first kappa shape index (κ1) is 18.9. The SMILES string of the molecule is CC(C)n1c(C2CCCN(C(=O)[C@@H](N)C(C)(C)C)C2)nc2ccccc21. The van der Waals surface area contributed by atoms with Crippen molar-refractivity contribution in [1.82, 2.24) is 14.5 Å². The van der Waals surface area contributed by atoms with E-state index in [9.17, 15) is 4.79 Å². The molecule has 0 bridgehead atoms. The number of fused-ring (bicyclic) bond motifs is 1. The summed E-state index contributed by atoms with van der Waals surface area (Å²) in [5.41, 5.74) is 8.22. The molecule has 3 rings (SSSR count). The third-order valence-electron chi connectivity index (χ3n) is 5.44. The number of aromatic nitrogens is 2. The molecule has 5 nitrogen and oxygen atoms in total. The monoisotopic (exact) mass is 356 g/mol. The first-order valence-electron chi connectivity index (χ1n) is 9.71. The van der Waals surface area contributed by atoms with Crippen molar-refractivity contribution >= 4 is 16.9 Å². The first-order valence-corrected chi connectivity index (χ1v) is 9.71. The number of nitrogens with zero attached hydrogens (tertiary/aromatic N) is 3. The zero-order valence-corrected chi connectivity index (χ0v) is 16.7. The smallest absolute Gasteiger partial charge is 0.240 e. The van der Waals surface area contributed by atoms with Gasteiger partial charge < -0.3 is 15.2 Å². The van der Waals surface area contributed by atoms with Gasteiger partial charge in [0.15, 0.2) is 0 Å². The summed E-state index contributed by atoms with van der Waals surface area (Å²) in [7, 11) is 0. The van der Waals surface area contributed by atoms with Crippen LogP contribution >= 0.6 is 0 Å². The summed E-state index contributed by atoms with van der Waals surface area (Å²) in [5.74, 6) is 1.42. The van der Waals surface area contributed by atoms with Gasteiger partial charge in [0.05, 0.1) is 17.1 Å². The Kier molecular flexibility index (Phi) is 5.11. The lowest BCUT2D eigenvalue weighted by atomic mass is 9.85. The van der Waals surface area contributed by atoms with Gasteiger partial charge in [-0.3, -0.25) is 4.79 Å². The number of hydrogen-bond donors (Lipinski definition) is 1. The normalized spacial score (nSPS) is 20.0. The van der Waals surface area contributed by atoms with E-state index < -0.39 is 6.04 Å². The fourth-order valence-electron chi connectivity index (χ4n) is 3.85. The molecule has 1 unspecified atom stereocenters. The lowest BCUT2D eigenvalue weighted by molar-refractivity contribution is -0.136. The highest BCUT2D eigenvalue weighted by atomic mass is 16.2. The third-order valence-corrected chi connectivity index (χ3v) is 5.44. The highest BCUT2D eigenvalue weighted by Crippen LogP contribution is 2.32. The van der Waals surface area contributed by atoms with E-state index in [1.54, 1.807) is 0 Å². The Morgan fingerprint density at radius 1 is 1.27 bits per heavy atom. The van der Waals surface area contributed by atoms with Gasteiger partial charge in [-0.1, -0.05) is 32.9 Å². The van der Waals surface area contributed by atoms with Crippen molar-refractivity contribution in [3.05, 3.63) is 30.1 Å². The summed E-state index contributed by atoms with van der Waals surface area (Å²) >= 11 is 0. The van der Waals surface area contributed by atoms with Gasteiger partial charge in [-0.05, 0) is 44.2 Å². The van der Waals surface area contributed by atoms with E-state index in [1.807, 2.05) is 31.7 Å². The number of carbonyl (C=O) groups is 1. The molecule has 2 aromatic rings. The molecule has 1 saturated heterocycles. The Morgan fingerprint density at radius 2 is 1.96 bits per heavy atom. The van der Waals surface area contributed by atoms with Crippen LogP contribution in [0.25, 0.3) is 11.0 Å². The predicted molar refractivity (Wildman–Crippen MR) is 106 cm³/mol. The maximum atomic E-state index is 12.9.